The summed E-state index contributed by atoms with van der Waals surface area (Å²) in [4.78, 5) is 8.59. The molecule has 2 heterocycles. The molecule has 0 unspecified atom stereocenters. The minimum absolute atomic E-state index is 0.525. The average Bonchev–Trinajstić information content (AvgIpc) is 3.34. The zero-order valence-corrected chi connectivity index (χ0v) is 23.4. The van der Waals surface area contributed by atoms with Gasteiger partial charge in [-0.15, -0.1) is 0 Å². The van der Waals surface area contributed by atoms with Gasteiger partial charge in [0.1, 0.15) is 0 Å². The lowest BCUT2D eigenvalue weighted by Crippen LogP contribution is -2.29. The first-order valence-electron chi connectivity index (χ1n) is 14.7. The molecule has 0 fully saturated rings. The van der Waals surface area contributed by atoms with Gasteiger partial charge >= 0.3 is 0 Å². The van der Waals surface area contributed by atoms with Gasteiger partial charge in [0.05, 0.1) is 5.41 Å². The second kappa shape index (κ2) is 9.20. The van der Waals surface area contributed by atoms with Crippen molar-refractivity contribution in [3.05, 3.63) is 181 Å². The molecule has 0 bridgehead atoms. The van der Waals surface area contributed by atoms with Crippen molar-refractivity contribution in [1.82, 2.24) is 9.97 Å². The van der Waals surface area contributed by atoms with Crippen LogP contribution in [0.25, 0.3) is 55.6 Å². The molecule has 0 saturated carbocycles. The first-order chi connectivity index (χ1) is 21.3. The largest absolute Gasteiger partial charge is 0.265 e. The highest BCUT2D eigenvalue weighted by Crippen LogP contribution is 2.62. The van der Waals surface area contributed by atoms with E-state index in [1.54, 1.807) is 0 Å². The summed E-state index contributed by atoms with van der Waals surface area (Å²) in [6.45, 7) is 0. The van der Waals surface area contributed by atoms with Crippen LogP contribution in [0.1, 0.15) is 22.3 Å². The summed E-state index contributed by atoms with van der Waals surface area (Å²) >= 11 is 0. The molecule has 2 aliphatic carbocycles. The van der Waals surface area contributed by atoms with Gasteiger partial charge in [-0.3, -0.25) is 9.97 Å². The molecule has 2 heteroatoms. The molecular weight excluding hydrogens is 520 g/mol. The number of benzene rings is 5. The molecule has 0 radical (unpaired) electrons. The van der Waals surface area contributed by atoms with Crippen LogP contribution in [0, 0.1) is 0 Å². The Morgan fingerprint density at radius 2 is 0.674 bits per heavy atom. The number of hydrogen-bond donors (Lipinski definition) is 0. The van der Waals surface area contributed by atoms with E-state index in [4.69, 9.17) is 0 Å². The average molecular weight is 547 g/mol. The van der Waals surface area contributed by atoms with Crippen molar-refractivity contribution >= 4 is 0 Å². The topological polar surface area (TPSA) is 25.8 Å². The first-order valence-corrected chi connectivity index (χ1v) is 14.7. The molecule has 7 aromatic rings. The molecule has 1 spiro atoms. The molecule has 2 aromatic heterocycles. The third-order valence-electron chi connectivity index (χ3n) is 9.33. The monoisotopic (exact) mass is 546 g/mol. The minimum atomic E-state index is -0.525. The summed E-state index contributed by atoms with van der Waals surface area (Å²) in [5.41, 5.74) is 17.1. The van der Waals surface area contributed by atoms with Gasteiger partial charge in [0, 0.05) is 24.8 Å². The van der Waals surface area contributed by atoms with Crippen molar-refractivity contribution < 1.29 is 0 Å². The highest BCUT2D eigenvalue weighted by atomic mass is 14.6. The Morgan fingerprint density at radius 3 is 1.12 bits per heavy atom. The van der Waals surface area contributed by atoms with Crippen LogP contribution in [0.4, 0.5) is 0 Å². The van der Waals surface area contributed by atoms with Gasteiger partial charge in [-0.25, -0.2) is 0 Å². The molecule has 200 valence electrons. The number of fused-ring (bicyclic) bond motifs is 12. The zero-order valence-electron chi connectivity index (χ0n) is 23.4. The van der Waals surface area contributed by atoms with E-state index in [1.165, 1.54) is 66.8 Å². The van der Waals surface area contributed by atoms with E-state index in [9.17, 15) is 0 Å². The summed E-state index contributed by atoms with van der Waals surface area (Å²) < 4.78 is 0. The summed E-state index contributed by atoms with van der Waals surface area (Å²) in [5, 5.41) is 0. The van der Waals surface area contributed by atoms with E-state index in [0.29, 0.717) is 0 Å². The Morgan fingerprint density at radius 1 is 0.302 bits per heavy atom. The zero-order chi connectivity index (χ0) is 28.4. The van der Waals surface area contributed by atoms with Gasteiger partial charge in [-0.05, 0) is 114 Å². The maximum absolute atomic E-state index is 4.30. The van der Waals surface area contributed by atoms with Crippen LogP contribution in [0.5, 0.6) is 0 Å². The van der Waals surface area contributed by atoms with Crippen molar-refractivity contribution in [2.45, 2.75) is 5.41 Å². The fourth-order valence-corrected chi connectivity index (χ4v) is 7.54. The molecule has 5 aromatic carbocycles. The highest BCUT2D eigenvalue weighted by molar-refractivity contribution is 5.98. The minimum Gasteiger partial charge on any atom is -0.265 e. The molecule has 2 nitrogen and oxygen atoms in total. The second-order valence-corrected chi connectivity index (χ2v) is 11.4. The Kier molecular flexibility index (Phi) is 5.15. The lowest BCUT2D eigenvalue weighted by atomic mass is 9.65. The van der Waals surface area contributed by atoms with Crippen molar-refractivity contribution in [2.24, 2.45) is 0 Å². The Bertz CT molecular complexity index is 2020. The number of aromatic nitrogens is 2. The molecule has 43 heavy (non-hydrogen) atoms. The molecule has 0 amide bonds. The van der Waals surface area contributed by atoms with Crippen LogP contribution in [0.15, 0.2) is 158 Å². The number of pyridine rings is 2. The first kappa shape index (κ1) is 24.0. The number of rotatable bonds is 2. The van der Waals surface area contributed by atoms with Crippen LogP contribution in [-0.2, 0) is 5.41 Å². The normalized spacial score (nSPS) is 13.3. The summed E-state index contributed by atoms with van der Waals surface area (Å²) in [6.07, 6.45) is 7.51. The van der Waals surface area contributed by atoms with Gasteiger partial charge in [0.25, 0.3) is 0 Å². The van der Waals surface area contributed by atoms with E-state index < -0.39 is 5.41 Å². The van der Waals surface area contributed by atoms with Gasteiger partial charge in [-0.1, -0.05) is 97.1 Å². The van der Waals surface area contributed by atoms with Crippen molar-refractivity contribution in [1.29, 1.82) is 0 Å². The SMILES string of the molecule is c1ccc2c(c1)-c1ccc(-c3ccncc3)cc1C1(c3cc(-c4ccncc4)ccc3-2)c2ccccc2-c2ccccc21. The third kappa shape index (κ3) is 3.35. The van der Waals surface area contributed by atoms with E-state index in [2.05, 4.69) is 143 Å². The fourth-order valence-electron chi connectivity index (χ4n) is 7.54. The summed E-state index contributed by atoms with van der Waals surface area (Å²) in [7, 11) is 0. The van der Waals surface area contributed by atoms with Gasteiger partial charge < -0.3 is 0 Å². The van der Waals surface area contributed by atoms with Crippen LogP contribution in [0.3, 0.4) is 0 Å². The van der Waals surface area contributed by atoms with Crippen LogP contribution in [0.2, 0.25) is 0 Å². The van der Waals surface area contributed by atoms with Crippen LogP contribution >= 0.6 is 0 Å². The predicted molar refractivity (Wildman–Crippen MR) is 175 cm³/mol. The Labute approximate surface area is 251 Å². The van der Waals surface area contributed by atoms with E-state index in [0.717, 1.165) is 11.1 Å². The van der Waals surface area contributed by atoms with Crippen LogP contribution in [-0.4, -0.2) is 9.97 Å². The number of hydrogen-bond acceptors (Lipinski definition) is 2. The van der Waals surface area contributed by atoms with E-state index >= 15 is 0 Å². The number of nitrogens with zero attached hydrogens (tertiary/aromatic N) is 2. The Balaban J connectivity index is 1.50. The maximum atomic E-state index is 4.30. The van der Waals surface area contributed by atoms with Gasteiger partial charge in [-0.2, -0.15) is 0 Å². The van der Waals surface area contributed by atoms with Crippen molar-refractivity contribution in [3.8, 4) is 55.6 Å². The van der Waals surface area contributed by atoms with Gasteiger partial charge in [0.15, 0.2) is 0 Å². The molecule has 0 N–H and O–H groups in total. The Hall–Kier alpha value is -5.60. The molecule has 9 rings (SSSR count). The molecular formula is C41H26N2. The van der Waals surface area contributed by atoms with E-state index in [1.807, 2.05) is 24.8 Å². The lowest BCUT2D eigenvalue weighted by Gasteiger charge is -2.36. The summed E-state index contributed by atoms with van der Waals surface area (Å²) in [6, 6.07) is 49.4. The quantitative estimate of drug-likeness (QED) is 0.216. The van der Waals surface area contributed by atoms with Crippen molar-refractivity contribution in [3.63, 3.8) is 0 Å². The fraction of sp³-hybridized carbons (Fsp3) is 0.0244. The standard InChI is InChI=1S/C41H26N2/c1-2-8-32-31(7-1)35-15-13-29(27-17-21-42-22-18-27)25-39(35)41(37-11-5-3-9-33(37)34-10-4-6-12-38(34)41)40-26-30(14-16-36(32)40)28-19-23-43-24-20-28/h1-26H. The highest BCUT2D eigenvalue weighted by Gasteiger charge is 2.49. The molecule has 0 saturated heterocycles. The molecule has 0 atom stereocenters. The maximum Gasteiger partial charge on any atom is 0.0725 e. The molecule has 0 aliphatic heterocycles. The molecule has 2 aliphatic rings. The third-order valence-corrected chi connectivity index (χ3v) is 9.33. The predicted octanol–water partition coefficient (Wildman–Crippen LogP) is 9.82. The van der Waals surface area contributed by atoms with Crippen LogP contribution < -0.4 is 0 Å². The smallest absolute Gasteiger partial charge is 0.0725 e. The summed E-state index contributed by atoms with van der Waals surface area (Å²) in [5.74, 6) is 0. The second-order valence-electron chi connectivity index (χ2n) is 11.4. The van der Waals surface area contributed by atoms with Crippen molar-refractivity contribution in [2.75, 3.05) is 0 Å². The van der Waals surface area contributed by atoms with E-state index in [-0.39, 0.29) is 0 Å². The van der Waals surface area contributed by atoms with Gasteiger partial charge in [0.2, 0.25) is 0 Å². The lowest BCUT2D eigenvalue weighted by molar-refractivity contribution is 0.776.